The number of oxazole rings is 1. The van der Waals surface area contributed by atoms with Gasteiger partial charge in [0.05, 0.1) is 17.3 Å². The highest BCUT2D eigenvalue weighted by Crippen LogP contribution is 2.20. The van der Waals surface area contributed by atoms with Crippen LogP contribution in [-0.2, 0) is 6.54 Å². The molecule has 0 aliphatic heterocycles. The van der Waals surface area contributed by atoms with Gasteiger partial charge in [0, 0.05) is 12.1 Å². The Morgan fingerprint density at radius 2 is 2.10 bits per heavy atom. The first-order chi connectivity index (χ1) is 10.1. The van der Waals surface area contributed by atoms with Crippen molar-refractivity contribution in [3.63, 3.8) is 0 Å². The van der Waals surface area contributed by atoms with Crippen molar-refractivity contribution < 1.29 is 13.6 Å². The number of carbonyl (C=O) groups is 1. The van der Waals surface area contributed by atoms with Gasteiger partial charge in [-0.15, -0.1) is 0 Å². The van der Waals surface area contributed by atoms with Crippen LogP contribution in [0.2, 0.25) is 0 Å². The van der Waals surface area contributed by atoms with Gasteiger partial charge in [0.1, 0.15) is 5.76 Å². The summed E-state index contributed by atoms with van der Waals surface area (Å²) in [7, 11) is 0. The minimum absolute atomic E-state index is 0.144. The van der Waals surface area contributed by atoms with Gasteiger partial charge in [-0.2, -0.15) is 0 Å². The molecule has 1 aromatic carbocycles. The van der Waals surface area contributed by atoms with Gasteiger partial charge in [0.15, 0.2) is 11.4 Å². The predicted octanol–water partition coefficient (Wildman–Crippen LogP) is 3.14. The lowest BCUT2D eigenvalue weighted by molar-refractivity contribution is 0.103. The van der Waals surface area contributed by atoms with E-state index >= 15 is 0 Å². The van der Waals surface area contributed by atoms with Crippen molar-refractivity contribution in [3.8, 4) is 0 Å². The van der Waals surface area contributed by atoms with E-state index in [0.29, 0.717) is 34.5 Å². The highest BCUT2D eigenvalue weighted by Gasteiger charge is 2.16. The Balaban J connectivity index is 2.08. The lowest BCUT2D eigenvalue weighted by Gasteiger charge is -2.01. The summed E-state index contributed by atoms with van der Waals surface area (Å²) in [5.41, 5.74) is 2.14. The zero-order chi connectivity index (χ0) is 15.0. The molecule has 0 aliphatic rings. The molecule has 0 fully saturated rings. The highest BCUT2D eigenvalue weighted by molar-refractivity contribution is 6.10. The summed E-state index contributed by atoms with van der Waals surface area (Å²) in [6, 6.07) is 6.70. The fourth-order valence-electron chi connectivity index (χ4n) is 2.42. The third kappa shape index (κ3) is 2.20. The molecule has 5 heteroatoms. The topological polar surface area (TPSA) is 65.3 Å². The summed E-state index contributed by atoms with van der Waals surface area (Å²) >= 11 is 0. The number of hydrogen-bond donors (Lipinski definition) is 0. The second-order valence-electron chi connectivity index (χ2n) is 4.92. The molecule has 0 atom stereocenters. The molecular formula is C16H15NO4. The van der Waals surface area contributed by atoms with E-state index in [-0.39, 0.29) is 5.78 Å². The monoisotopic (exact) mass is 285 g/mol. The number of nitrogens with zero attached hydrogens (tertiary/aromatic N) is 1. The number of rotatable bonds is 4. The third-order valence-corrected chi connectivity index (χ3v) is 3.48. The smallest absolute Gasteiger partial charge is 0.419 e. The average Bonchev–Trinajstić information content (AvgIpc) is 3.02. The second kappa shape index (κ2) is 5.09. The molecule has 0 radical (unpaired) electrons. The number of benzene rings is 1. The molecule has 0 bridgehead atoms. The maximum Gasteiger partial charge on any atom is 0.419 e. The van der Waals surface area contributed by atoms with E-state index in [1.54, 1.807) is 35.8 Å². The quantitative estimate of drug-likeness (QED) is 0.691. The van der Waals surface area contributed by atoms with E-state index in [9.17, 15) is 9.59 Å². The summed E-state index contributed by atoms with van der Waals surface area (Å²) in [5, 5.41) is 0. The van der Waals surface area contributed by atoms with E-state index in [2.05, 4.69) is 0 Å². The molecule has 21 heavy (non-hydrogen) atoms. The van der Waals surface area contributed by atoms with Gasteiger partial charge in [0.2, 0.25) is 0 Å². The van der Waals surface area contributed by atoms with Crippen LogP contribution in [0.25, 0.3) is 11.1 Å². The number of hydrogen-bond acceptors (Lipinski definition) is 4. The van der Waals surface area contributed by atoms with E-state index in [1.165, 1.54) is 6.26 Å². The fraction of sp³-hybridized carbons (Fsp3) is 0.250. The van der Waals surface area contributed by atoms with Crippen LogP contribution in [0.4, 0.5) is 0 Å². The maximum absolute atomic E-state index is 12.4. The van der Waals surface area contributed by atoms with Crippen molar-refractivity contribution in [1.29, 1.82) is 0 Å². The Kier molecular flexibility index (Phi) is 3.25. The molecule has 3 aromatic rings. The Morgan fingerprint density at radius 1 is 1.29 bits per heavy atom. The fourth-order valence-corrected chi connectivity index (χ4v) is 2.42. The molecule has 2 heterocycles. The Hall–Kier alpha value is -2.56. The van der Waals surface area contributed by atoms with Gasteiger partial charge in [-0.25, -0.2) is 4.79 Å². The largest absolute Gasteiger partial charge is 0.469 e. The second-order valence-corrected chi connectivity index (χ2v) is 4.92. The van der Waals surface area contributed by atoms with E-state index < -0.39 is 5.76 Å². The molecule has 0 amide bonds. The number of carbonyl (C=O) groups excluding carboxylic acids is 1. The summed E-state index contributed by atoms with van der Waals surface area (Å²) in [6.45, 7) is 4.33. The van der Waals surface area contributed by atoms with Gasteiger partial charge in [-0.05, 0) is 37.6 Å². The van der Waals surface area contributed by atoms with Gasteiger partial charge >= 0.3 is 5.76 Å². The van der Waals surface area contributed by atoms with Crippen LogP contribution in [0.3, 0.4) is 0 Å². The normalized spacial score (nSPS) is 11.1. The molecule has 5 nitrogen and oxygen atoms in total. The first-order valence-corrected chi connectivity index (χ1v) is 6.84. The van der Waals surface area contributed by atoms with Crippen LogP contribution < -0.4 is 5.76 Å². The molecule has 3 rings (SSSR count). The molecule has 108 valence electrons. The summed E-state index contributed by atoms with van der Waals surface area (Å²) in [6.07, 6.45) is 2.32. The van der Waals surface area contributed by atoms with Gasteiger partial charge in [-0.3, -0.25) is 9.36 Å². The predicted molar refractivity (Wildman–Crippen MR) is 77.6 cm³/mol. The number of ketones is 1. The molecule has 0 saturated carbocycles. The van der Waals surface area contributed by atoms with Crippen molar-refractivity contribution in [2.24, 2.45) is 0 Å². The van der Waals surface area contributed by atoms with Gasteiger partial charge in [0.25, 0.3) is 0 Å². The van der Waals surface area contributed by atoms with Crippen LogP contribution in [-0.4, -0.2) is 10.4 Å². The Bertz CT molecular complexity index is 866. The molecule has 0 spiro atoms. The van der Waals surface area contributed by atoms with Gasteiger partial charge in [-0.1, -0.05) is 6.92 Å². The standard InChI is InChI=1S/C16H15NO4/c1-3-7-17-13-5-4-11(9-14(13)21-16(17)19)15(18)12-6-8-20-10(12)2/h4-6,8-9H,3,7H2,1-2H3. The molecule has 0 N–H and O–H groups in total. The summed E-state index contributed by atoms with van der Waals surface area (Å²) in [5.74, 6) is 0.0371. The average molecular weight is 285 g/mol. The maximum atomic E-state index is 12.4. The Morgan fingerprint density at radius 3 is 2.76 bits per heavy atom. The van der Waals surface area contributed by atoms with Crippen molar-refractivity contribution in [2.45, 2.75) is 26.8 Å². The van der Waals surface area contributed by atoms with Crippen molar-refractivity contribution in [1.82, 2.24) is 4.57 Å². The lowest BCUT2D eigenvalue weighted by atomic mass is 10.0. The number of furan rings is 1. The molecule has 0 saturated heterocycles. The number of aromatic nitrogens is 1. The minimum Gasteiger partial charge on any atom is -0.469 e. The van der Waals surface area contributed by atoms with Crippen LogP contribution in [0.1, 0.15) is 35.0 Å². The van der Waals surface area contributed by atoms with Crippen molar-refractivity contribution >= 4 is 16.9 Å². The van der Waals surface area contributed by atoms with E-state index in [4.69, 9.17) is 8.83 Å². The van der Waals surface area contributed by atoms with Crippen LogP contribution in [0, 0.1) is 6.92 Å². The zero-order valence-corrected chi connectivity index (χ0v) is 11.9. The van der Waals surface area contributed by atoms with Gasteiger partial charge < -0.3 is 8.83 Å². The number of fused-ring (bicyclic) bond motifs is 1. The number of aryl methyl sites for hydroxylation is 2. The molecule has 0 unspecified atom stereocenters. The summed E-state index contributed by atoms with van der Waals surface area (Å²) in [4.78, 5) is 24.2. The molecule has 2 aromatic heterocycles. The zero-order valence-electron chi connectivity index (χ0n) is 11.9. The third-order valence-electron chi connectivity index (χ3n) is 3.48. The highest BCUT2D eigenvalue weighted by atomic mass is 16.4. The first-order valence-electron chi connectivity index (χ1n) is 6.84. The van der Waals surface area contributed by atoms with Crippen molar-refractivity contribution in [2.75, 3.05) is 0 Å². The molecular weight excluding hydrogens is 270 g/mol. The summed E-state index contributed by atoms with van der Waals surface area (Å²) < 4.78 is 11.9. The lowest BCUT2D eigenvalue weighted by Crippen LogP contribution is -2.13. The minimum atomic E-state index is -0.393. The van der Waals surface area contributed by atoms with Crippen molar-refractivity contribution in [3.05, 3.63) is 58.0 Å². The van der Waals surface area contributed by atoms with E-state index in [1.807, 2.05) is 6.92 Å². The first kappa shape index (κ1) is 13.4. The molecule has 0 aliphatic carbocycles. The van der Waals surface area contributed by atoms with E-state index in [0.717, 1.165) is 6.42 Å². The Labute approximate surface area is 120 Å². The SMILES string of the molecule is CCCn1c(=O)oc2cc(C(=O)c3ccoc3C)ccc21. The van der Waals surface area contributed by atoms with Crippen LogP contribution >= 0.6 is 0 Å². The van der Waals surface area contributed by atoms with Crippen LogP contribution in [0.5, 0.6) is 0 Å². The van der Waals surface area contributed by atoms with Crippen LogP contribution in [0.15, 0.2) is 44.2 Å².